The summed E-state index contributed by atoms with van der Waals surface area (Å²) in [6, 6.07) is 0. The zero-order valence-corrected chi connectivity index (χ0v) is 16.1. The Kier molecular flexibility index (Phi) is 6.42. The lowest BCUT2D eigenvalue weighted by Gasteiger charge is -2.45. The number of ether oxygens (including phenoxy) is 1. The lowest BCUT2D eigenvalue weighted by Crippen LogP contribution is -2.58. The Balaban J connectivity index is 1.93. The first-order valence-electron chi connectivity index (χ1n) is 8.99. The summed E-state index contributed by atoms with van der Waals surface area (Å²) in [6.45, 7) is 17.3. The van der Waals surface area contributed by atoms with Crippen LogP contribution in [0.4, 0.5) is 0 Å². The molecular weight excluding hydrogens is 304 g/mol. The van der Waals surface area contributed by atoms with Crippen molar-refractivity contribution in [2.45, 2.75) is 72.4 Å². The fourth-order valence-electron chi connectivity index (χ4n) is 3.58. The average molecular weight is 338 g/mol. The molecule has 1 aliphatic rings. The Morgan fingerprint density at radius 1 is 1.25 bits per heavy atom. The van der Waals surface area contributed by atoms with Crippen LogP contribution < -0.4 is 5.32 Å². The summed E-state index contributed by atoms with van der Waals surface area (Å²) in [5.74, 6) is 0. The van der Waals surface area contributed by atoms with Gasteiger partial charge in [-0.2, -0.15) is 5.10 Å². The van der Waals surface area contributed by atoms with Gasteiger partial charge in [-0.25, -0.2) is 0 Å². The highest BCUT2D eigenvalue weighted by Gasteiger charge is 2.32. The van der Waals surface area contributed by atoms with Crippen molar-refractivity contribution in [1.82, 2.24) is 20.0 Å². The molecule has 24 heavy (non-hydrogen) atoms. The normalized spacial score (nSPS) is 23.0. The number of nitrogens with zero attached hydrogens (tertiary/aromatic N) is 3. The van der Waals surface area contributed by atoms with Gasteiger partial charge in [-0.15, -0.1) is 0 Å². The molecule has 1 fully saturated rings. The van der Waals surface area contributed by atoms with Gasteiger partial charge < -0.3 is 15.2 Å². The summed E-state index contributed by atoms with van der Waals surface area (Å²) in [6.07, 6.45) is 0.573. The number of aryl methyl sites for hydroxylation is 1. The lowest BCUT2D eigenvalue weighted by molar-refractivity contribution is -0.0952. The minimum Gasteiger partial charge on any atom is -0.394 e. The summed E-state index contributed by atoms with van der Waals surface area (Å²) in [7, 11) is 0. The highest BCUT2D eigenvalue weighted by Crippen LogP contribution is 2.21. The van der Waals surface area contributed by atoms with Gasteiger partial charge in [0.1, 0.15) is 0 Å². The Morgan fingerprint density at radius 2 is 1.88 bits per heavy atom. The Labute approximate surface area is 146 Å². The molecule has 1 saturated heterocycles. The zero-order chi connectivity index (χ0) is 17.9. The Morgan fingerprint density at radius 3 is 2.46 bits per heavy atom. The molecule has 0 amide bonds. The molecule has 0 radical (unpaired) electrons. The third kappa shape index (κ3) is 4.57. The van der Waals surface area contributed by atoms with Gasteiger partial charge in [0.2, 0.25) is 0 Å². The van der Waals surface area contributed by atoms with Crippen molar-refractivity contribution in [3.63, 3.8) is 0 Å². The Bertz CT molecular complexity index is 531. The van der Waals surface area contributed by atoms with Crippen molar-refractivity contribution in [2.75, 3.05) is 26.2 Å². The van der Waals surface area contributed by atoms with Crippen molar-refractivity contribution in [1.29, 1.82) is 0 Å². The van der Waals surface area contributed by atoms with E-state index in [1.807, 2.05) is 11.6 Å². The van der Waals surface area contributed by atoms with Crippen molar-refractivity contribution in [2.24, 2.45) is 0 Å². The smallest absolute Gasteiger partial charge is 0.0678 e. The first-order chi connectivity index (χ1) is 11.2. The van der Waals surface area contributed by atoms with E-state index >= 15 is 0 Å². The summed E-state index contributed by atoms with van der Waals surface area (Å²) in [5, 5.41) is 17.2. The molecule has 138 valence electrons. The van der Waals surface area contributed by atoms with Crippen LogP contribution in [0.2, 0.25) is 0 Å². The van der Waals surface area contributed by atoms with Gasteiger partial charge in [0.25, 0.3) is 0 Å². The molecule has 2 atom stereocenters. The third-order valence-electron chi connectivity index (χ3n) is 4.98. The molecule has 0 aliphatic carbocycles. The fourth-order valence-corrected chi connectivity index (χ4v) is 3.58. The molecular formula is C18H34N4O2. The largest absolute Gasteiger partial charge is 0.394 e. The monoisotopic (exact) mass is 338 g/mol. The van der Waals surface area contributed by atoms with E-state index < -0.39 is 0 Å². The number of aliphatic hydroxyl groups is 1. The van der Waals surface area contributed by atoms with Gasteiger partial charge in [-0.05, 0) is 41.5 Å². The second-order valence-corrected chi connectivity index (χ2v) is 7.67. The number of nitrogens with one attached hydrogen (secondary N) is 1. The number of hydrogen-bond donors (Lipinski definition) is 2. The molecule has 0 unspecified atom stereocenters. The van der Waals surface area contributed by atoms with Gasteiger partial charge in [0, 0.05) is 43.0 Å². The first-order valence-corrected chi connectivity index (χ1v) is 8.99. The highest BCUT2D eigenvalue weighted by molar-refractivity contribution is 5.24. The van der Waals surface area contributed by atoms with Gasteiger partial charge in [-0.1, -0.05) is 0 Å². The van der Waals surface area contributed by atoms with E-state index in [0.717, 1.165) is 37.6 Å². The van der Waals surface area contributed by atoms with Gasteiger partial charge in [-0.3, -0.25) is 9.58 Å². The second-order valence-electron chi connectivity index (χ2n) is 7.67. The van der Waals surface area contributed by atoms with Crippen LogP contribution in [0.25, 0.3) is 0 Å². The number of aliphatic hydroxyl groups excluding tert-OH is 1. The van der Waals surface area contributed by atoms with Gasteiger partial charge >= 0.3 is 0 Å². The molecule has 2 rings (SSSR count). The van der Waals surface area contributed by atoms with Crippen LogP contribution in [-0.4, -0.2) is 63.8 Å². The minimum absolute atomic E-state index is 0.0786. The molecule has 0 spiro atoms. The van der Waals surface area contributed by atoms with Crippen LogP contribution in [-0.2, 0) is 17.8 Å². The molecule has 1 aromatic rings. The highest BCUT2D eigenvalue weighted by atomic mass is 16.5. The topological polar surface area (TPSA) is 62.5 Å². The van der Waals surface area contributed by atoms with E-state index in [1.165, 1.54) is 5.56 Å². The molecule has 0 bridgehead atoms. The van der Waals surface area contributed by atoms with Crippen molar-refractivity contribution >= 4 is 0 Å². The zero-order valence-electron chi connectivity index (χ0n) is 16.1. The summed E-state index contributed by atoms with van der Waals surface area (Å²) >= 11 is 0. The summed E-state index contributed by atoms with van der Waals surface area (Å²) in [4.78, 5) is 2.52. The van der Waals surface area contributed by atoms with Crippen molar-refractivity contribution in [3.8, 4) is 0 Å². The Hall–Kier alpha value is -0.950. The summed E-state index contributed by atoms with van der Waals surface area (Å²) < 4.78 is 7.74. The van der Waals surface area contributed by atoms with E-state index in [0.29, 0.717) is 6.54 Å². The molecule has 6 nitrogen and oxygen atoms in total. The van der Waals surface area contributed by atoms with Crippen LogP contribution in [0.1, 0.15) is 44.6 Å². The van der Waals surface area contributed by atoms with Crippen LogP contribution >= 0.6 is 0 Å². The average Bonchev–Trinajstić information content (AvgIpc) is 2.74. The van der Waals surface area contributed by atoms with Crippen LogP contribution in [0.5, 0.6) is 0 Å². The number of hydrogen-bond acceptors (Lipinski definition) is 5. The number of aromatic nitrogens is 2. The fraction of sp³-hybridized carbons (Fsp3) is 0.833. The maximum atomic E-state index is 9.12. The van der Waals surface area contributed by atoms with Crippen molar-refractivity contribution in [3.05, 3.63) is 17.0 Å². The standard InChI is InChI=1S/C18H34N4O2/c1-13-10-21(11-14(2)24-13)18(5,6)12-19-9-17-15(3)20-22(7-8-23)16(17)4/h13-14,19,23H,7-12H2,1-6H3/t13-,14+. The predicted molar refractivity (Wildman–Crippen MR) is 96.2 cm³/mol. The predicted octanol–water partition coefficient (Wildman–Crippen LogP) is 1.47. The van der Waals surface area contributed by atoms with E-state index in [1.54, 1.807) is 0 Å². The molecule has 1 aromatic heterocycles. The number of morpholine rings is 1. The van der Waals surface area contributed by atoms with Crippen LogP contribution in [0.15, 0.2) is 0 Å². The van der Waals surface area contributed by atoms with E-state index in [-0.39, 0.29) is 24.4 Å². The molecule has 0 aromatic carbocycles. The SMILES string of the molecule is Cc1nn(CCO)c(C)c1CNCC(C)(C)N1C[C@@H](C)O[C@@H](C)C1. The quantitative estimate of drug-likeness (QED) is 0.788. The molecule has 0 saturated carbocycles. The lowest BCUT2D eigenvalue weighted by atomic mass is 10.00. The van der Waals surface area contributed by atoms with E-state index in [2.05, 4.69) is 49.9 Å². The van der Waals surface area contributed by atoms with Crippen LogP contribution in [0.3, 0.4) is 0 Å². The maximum Gasteiger partial charge on any atom is 0.0678 e. The van der Waals surface area contributed by atoms with Gasteiger partial charge in [0.15, 0.2) is 0 Å². The molecule has 2 N–H and O–H groups in total. The summed E-state index contributed by atoms with van der Waals surface area (Å²) in [5.41, 5.74) is 3.50. The maximum absolute atomic E-state index is 9.12. The molecule has 1 aliphatic heterocycles. The van der Waals surface area contributed by atoms with E-state index in [4.69, 9.17) is 9.84 Å². The van der Waals surface area contributed by atoms with Gasteiger partial charge in [0.05, 0.1) is 31.1 Å². The van der Waals surface area contributed by atoms with E-state index in [9.17, 15) is 0 Å². The molecule has 2 heterocycles. The second kappa shape index (κ2) is 7.95. The van der Waals surface area contributed by atoms with Crippen LogP contribution in [0, 0.1) is 13.8 Å². The van der Waals surface area contributed by atoms with Crippen molar-refractivity contribution < 1.29 is 9.84 Å². The minimum atomic E-state index is 0.0786. The number of rotatable bonds is 7. The first kappa shape index (κ1) is 19.4. The third-order valence-corrected chi connectivity index (χ3v) is 4.98. The molecule has 6 heteroatoms.